The Morgan fingerprint density at radius 1 is 0.483 bits per heavy atom. The molecule has 6 aromatic rings. The minimum atomic E-state index is -0.576. The van der Waals surface area contributed by atoms with E-state index >= 15 is 0 Å². The molecule has 0 bridgehead atoms. The van der Waals surface area contributed by atoms with Crippen LogP contribution in [0.2, 0.25) is 0 Å². The topological polar surface area (TPSA) is 135 Å². The van der Waals surface area contributed by atoms with Gasteiger partial charge >= 0.3 is 23.9 Å². The lowest BCUT2D eigenvalue weighted by atomic mass is 9.99. The number of aryl methyl sites for hydroxylation is 2. The zero-order valence-electron chi connectivity index (χ0n) is 33.8. The molecule has 0 saturated heterocycles. The normalized spacial score (nSPS) is 12.5. The van der Waals surface area contributed by atoms with E-state index in [4.69, 9.17) is 23.7 Å². The van der Waals surface area contributed by atoms with E-state index in [1.165, 1.54) is 36.4 Å². The van der Waals surface area contributed by atoms with E-state index in [0.29, 0.717) is 33.9 Å². The van der Waals surface area contributed by atoms with E-state index in [-0.39, 0.29) is 35.2 Å². The SMILES string of the molecule is CCCc1ccc(C(=O)Oc2ccc(C(=O)Oc3ccc4c(c3)C(C)c3cc(OC(=O)c5ccc(OC(=O)c6ccc(CCC)c(OC)c6)cc5)ccc3-4)cc2)cc1CO. The third-order valence-electron chi connectivity index (χ3n) is 10.5. The van der Waals surface area contributed by atoms with Gasteiger partial charge < -0.3 is 28.8 Å². The van der Waals surface area contributed by atoms with E-state index in [2.05, 4.69) is 6.92 Å². The van der Waals surface area contributed by atoms with Crippen LogP contribution in [0.1, 0.15) is 109 Å². The van der Waals surface area contributed by atoms with Gasteiger partial charge in [0.05, 0.1) is 36.0 Å². The maximum absolute atomic E-state index is 13.1. The summed E-state index contributed by atoms with van der Waals surface area (Å²) in [6.07, 6.45) is 3.50. The van der Waals surface area contributed by atoms with Gasteiger partial charge in [0.25, 0.3) is 0 Å². The smallest absolute Gasteiger partial charge is 0.343 e. The van der Waals surface area contributed by atoms with Crippen LogP contribution in [0, 0.1) is 0 Å². The minimum Gasteiger partial charge on any atom is -0.496 e. The highest BCUT2D eigenvalue weighted by Gasteiger charge is 2.27. The number of hydrogen-bond acceptors (Lipinski definition) is 10. The molecule has 7 rings (SSSR count). The summed E-state index contributed by atoms with van der Waals surface area (Å²) in [5.41, 5.74) is 7.79. The number of ether oxygens (including phenoxy) is 5. The van der Waals surface area contributed by atoms with E-state index in [1.54, 1.807) is 55.6 Å². The molecule has 1 aliphatic rings. The number of rotatable bonds is 14. The lowest BCUT2D eigenvalue weighted by Crippen LogP contribution is -2.11. The molecular weight excluding hydrogens is 761 g/mol. The van der Waals surface area contributed by atoms with Crippen molar-refractivity contribution in [2.45, 2.75) is 59.0 Å². The highest BCUT2D eigenvalue weighted by molar-refractivity contribution is 5.94. The molecule has 0 amide bonds. The third-order valence-corrected chi connectivity index (χ3v) is 10.5. The average Bonchev–Trinajstić information content (AvgIpc) is 3.54. The number of esters is 4. The van der Waals surface area contributed by atoms with Crippen LogP contribution in [-0.4, -0.2) is 36.1 Å². The Kier molecular flexibility index (Phi) is 12.5. The van der Waals surface area contributed by atoms with Gasteiger partial charge in [-0.1, -0.05) is 57.9 Å². The van der Waals surface area contributed by atoms with E-state index in [1.807, 2.05) is 50.2 Å². The molecule has 0 spiro atoms. The molecule has 0 aromatic heterocycles. The first kappa shape index (κ1) is 41.1. The van der Waals surface area contributed by atoms with Crippen molar-refractivity contribution in [3.63, 3.8) is 0 Å². The molecular formula is C50H44O10. The molecule has 1 aliphatic carbocycles. The molecule has 0 fully saturated rings. The van der Waals surface area contributed by atoms with Gasteiger partial charge in [-0.2, -0.15) is 0 Å². The highest BCUT2D eigenvalue weighted by Crippen LogP contribution is 2.47. The number of hydrogen-bond donors (Lipinski definition) is 1. The number of carbonyl (C=O) groups is 4. The van der Waals surface area contributed by atoms with Crippen LogP contribution in [0.4, 0.5) is 0 Å². The van der Waals surface area contributed by atoms with E-state index < -0.39 is 23.9 Å². The molecule has 1 N–H and O–H groups in total. The lowest BCUT2D eigenvalue weighted by molar-refractivity contribution is 0.0720. The van der Waals surface area contributed by atoms with Gasteiger partial charge in [-0.05, 0) is 149 Å². The lowest BCUT2D eigenvalue weighted by Gasteiger charge is -2.11. The van der Waals surface area contributed by atoms with Crippen molar-refractivity contribution in [3.05, 3.63) is 171 Å². The first-order chi connectivity index (χ1) is 29.1. The quantitative estimate of drug-likeness (QED) is 0.0837. The maximum atomic E-state index is 13.1. The zero-order chi connectivity index (χ0) is 42.3. The summed E-state index contributed by atoms with van der Waals surface area (Å²) in [7, 11) is 1.57. The molecule has 10 heteroatoms. The van der Waals surface area contributed by atoms with Gasteiger partial charge in [-0.25, -0.2) is 19.2 Å². The summed E-state index contributed by atoms with van der Waals surface area (Å²) in [6, 6.07) is 33.6. The van der Waals surface area contributed by atoms with Crippen LogP contribution in [0.5, 0.6) is 28.7 Å². The van der Waals surface area contributed by atoms with Crippen LogP contribution < -0.4 is 23.7 Å². The molecule has 0 radical (unpaired) electrons. The van der Waals surface area contributed by atoms with Crippen molar-refractivity contribution in [3.8, 4) is 39.9 Å². The fourth-order valence-electron chi connectivity index (χ4n) is 7.33. The molecule has 0 saturated carbocycles. The molecule has 6 aromatic carbocycles. The second kappa shape index (κ2) is 18.3. The van der Waals surface area contributed by atoms with Gasteiger partial charge in [0.1, 0.15) is 28.7 Å². The van der Waals surface area contributed by atoms with Gasteiger partial charge in [0.15, 0.2) is 0 Å². The standard InChI is InChI=1S/C50H44O10/c1-5-7-31-9-11-35(25-37(31)29-51)49(54)57-38-17-13-33(14-18-38)47(52)59-40-21-23-42-43-24-22-41(28-45(43)30(3)44(42)27-40)60-48(53)34-15-19-39(20-16-34)58-50(55)36-12-10-32(8-6-2)46(26-36)56-4/h9-28,30,51H,5-8,29H2,1-4H3. The molecule has 0 heterocycles. The summed E-state index contributed by atoms with van der Waals surface area (Å²) in [4.78, 5) is 51.9. The van der Waals surface area contributed by atoms with Crippen molar-refractivity contribution in [1.29, 1.82) is 0 Å². The van der Waals surface area contributed by atoms with Gasteiger partial charge in [0, 0.05) is 5.92 Å². The first-order valence-electron chi connectivity index (χ1n) is 19.9. The Labute approximate surface area is 348 Å². The summed E-state index contributed by atoms with van der Waals surface area (Å²) in [6.45, 7) is 5.98. The third kappa shape index (κ3) is 8.99. The predicted octanol–water partition coefficient (Wildman–Crippen LogP) is 10.1. The van der Waals surface area contributed by atoms with Crippen LogP contribution in [-0.2, 0) is 19.4 Å². The highest BCUT2D eigenvalue weighted by atomic mass is 16.5. The fraction of sp³-hybridized carbons (Fsp3) is 0.200. The van der Waals surface area contributed by atoms with E-state index in [0.717, 1.165) is 59.1 Å². The molecule has 60 heavy (non-hydrogen) atoms. The molecule has 1 atom stereocenters. The fourth-order valence-corrected chi connectivity index (χ4v) is 7.33. The number of benzene rings is 6. The largest absolute Gasteiger partial charge is 0.496 e. The molecule has 304 valence electrons. The predicted molar refractivity (Wildman–Crippen MR) is 225 cm³/mol. The number of methoxy groups -OCH3 is 1. The first-order valence-corrected chi connectivity index (χ1v) is 19.9. The Balaban J connectivity index is 0.947. The van der Waals surface area contributed by atoms with Crippen molar-refractivity contribution in [2.75, 3.05) is 7.11 Å². The van der Waals surface area contributed by atoms with Gasteiger partial charge in [-0.3, -0.25) is 0 Å². The van der Waals surface area contributed by atoms with Gasteiger partial charge in [-0.15, -0.1) is 0 Å². The second-order valence-corrected chi connectivity index (χ2v) is 14.5. The Morgan fingerprint density at radius 2 is 0.883 bits per heavy atom. The number of aliphatic hydroxyl groups excluding tert-OH is 1. The Hall–Kier alpha value is -7.04. The number of fused-ring (bicyclic) bond motifs is 3. The molecule has 1 unspecified atom stereocenters. The van der Waals surface area contributed by atoms with Crippen molar-refractivity contribution >= 4 is 23.9 Å². The van der Waals surface area contributed by atoms with Crippen LogP contribution in [0.3, 0.4) is 0 Å². The summed E-state index contributed by atoms with van der Waals surface area (Å²) in [5.74, 6) is -0.436. The average molecular weight is 805 g/mol. The van der Waals surface area contributed by atoms with Crippen molar-refractivity contribution in [1.82, 2.24) is 0 Å². The van der Waals surface area contributed by atoms with Crippen molar-refractivity contribution in [2.24, 2.45) is 0 Å². The zero-order valence-corrected chi connectivity index (χ0v) is 33.8. The van der Waals surface area contributed by atoms with Crippen LogP contribution >= 0.6 is 0 Å². The van der Waals surface area contributed by atoms with Gasteiger partial charge in [0.2, 0.25) is 0 Å². The minimum absolute atomic E-state index is 0.0886. The summed E-state index contributed by atoms with van der Waals surface area (Å²) >= 11 is 0. The number of aliphatic hydroxyl groups is 1. The number of carbonyl (C=O) groups excluding carboxylic acids is 4. The van der Waals surface area contributed by atoms with Crippen LogP contribution in [0.25, 0.3) is 11.1 Å². The maximum Gasteiger partial charge on any atom is 0.343 e. The Bertz CT molecular complexity index is 2390. The van der Waals surface area contributed by atoms with Crippen molar-refractivity contribution < 1.29 is 48.0 Å². The summed E-state index contributed by atoms with van der Waals surface area (Å²) < 4.78 is 28.0. The summed E-state index contributed by atoms with van der Waals surface area (Å²) in [5, 5.41) is 9.74. The molecule has 10 nitrogen and oxygen atoms in total. The van der Waals surface area contributed by atoms with E-state index in [9.17, 15) is 24.3 Å². The Morgan fingerprint density at radius 3 is 1.35 bits per heavy atom. The second-order valence-electron chi connectivity index (χ2n) is 14.5. The van der Waals surface area contributed by atoms with Crippen LogP contribution in [0.15, 0.2) is 121 Å². The molecule has 0 aliphatic heterocycles. The monoisotopic (exact) mass is 804 g/mol.